The Morgan fingerprint density at radius 1 is 1.25 bits per heavy atom. The van der Waals surface area contributed by atoms with E-state index in [1.54, 1.807) is 6.07 Å². The SMILES string of the molecule is NC(=S)c1ccc(S(=O)(=O)NCc2ccc(Br)cc2)s1. The first-order valence-corrected chi connectivity index (χ1v) is 9.02. The van der Waals surface area contributed by atoms with E-state index < -0.39 is 10.0 Å². The van der Waals surface area contributed by atoms with Crippen molar-refractivity contribution in [3.05, 3.63) is 51.3 Å². The highest BCUT2D eigenvalue weighted by molar-refractivity contribution is 9.10. The molecule has 2 rings (SSSR count). The van der Waals surface area contributed by atoms with Crippen molar-refractivity contribution >= 4 is 54.5 Å². The summed E-state index contributed by atoms with van der Waals surface area (Å²) < 4.78 is 27.9. The molecular formula is C12H11BrN2O2S3. The van der Waals surface area contributed by atoms with Crippen LogP contribution in [0.1, 0.15) is 10.4 Å². The van der Waals surface area contributed by atoms with Crippen LogP contribution in [0.15, 0.2) is 45.1 Å². The summed E-state index contributed by atoms with van der Waals surface area (Å²) in [7, 11) is -3.54. The highest BCUT2D eigenvalue weighted by atomic mass is 79.9. The van der Waals surface area contributed by atoms with E-state index in [1.807, 2.05) is 24.3 Å². The second-order valence-electron chi connectivity index (χ2n) is 3.93. The Balaban J connectivity index is 2.10. The largest absolute Gasteiger partial charge is 0.389 e. The molecule has 0 saturated heterocycles. The maximum atomic E-state index is 12.1. The van der Waals surface area contributed by atoms with E-state index in [0.29, 0.717) is 4.88 Å². The van der Waals surface area contributed by atoms with Crippen LogP contribution in [0.25, 0.3) is 0 Å². The van der Waals surface area contributed by atoms with Crippen LogP contribution in [0, 0.1) is 0 Å². The Bertz CT molecular complexity index is 723. The van der Waals surface area contributed by atoms with Gasteiger partial charge in [0.1, 0.15) is 9.20 Å². The fourth-order valence-electron chi connectivity index (χ4n) is 1.45. The molecule has 0 amide bonds. The van der Waals surface area contributed by atoms with E-state index >= 15 is 0 Å². The van der Waals surface area contributed by atoms with Crippen molar-refractivity contribution < 1.29 is 8.42 Å². The van der Waals surface area contributed by atoms with E-state index in [0.717, 1.165) is 21.4 Å². The average molecular weight is 391 g/mol. The van der Waals surface area contributed by atoms with Gasteiger partial charge in [-0.3, -0.25) is 0 Å². The lowest BCUT2D eigenvalue weighted by Gasteiger charge is -2.05. The van der Waals surface area contributed by atoms with Crippen molar-refractivity contribution in [1.29, 1.82) is 0 Å². The molecule has 0 aliphatic rings. The molecule has 0 saturated carbocycles. The van der Waals surface area contributed by atoms with Crippen LogP contribution < -0.4 is 10.5 Å². The standard InChI is InChI=1S/C12H11BrN2O2S3/c13-9-3-1-8(2-4-9)7-15-20(16,17)11-6-5-10(19-11)12(14)18/h1-6,15H,7H2,(H2,14,18). The van der Waals surface area contributed by atoms with Gasteiger partial charge in [-0.15, -0.1) is 11.3 Å². The molecule has 0 aliphatic carbocycles. The minimum Gasteiger partial charge on any atom is -0.389 e. The van der Waals surface area contributed by atoms with Gasteiger partial charge in [-0.05, 0) is 29.8 Å². The Morgan fingerprint density at radius 2 is 1.90 bits per heavy atom. The highest BCUT2D eigenvalue weighted by Gasteiger charge is 2.17. The summed E-state index contributed by atoms with van der Waals surface area (Å²) in [6, 6.07) is 10.5. The Kier molecular flexibility index (Phi) is 4.92. The first-order valence-electron chi connectivity index (χ1n) is 5.52. The van der Waals surface area contributed by atoms with Gasteiger partial charge in [0.2, 0.25) is 10.0 Å². The molecule has 0 unspecified atom stereocenters. The van der Waals surface area contributed by atoms with Crippen LogP contribution >= 0.6 is 39.5 Å². The Morgan fingerprint density at radius 3 is 2.45 bits per heavy atom. The smallest absolute Gasteiger partial charge is 0.250 e. The number of nitrogens with two attached hydrogens (primary N) is 1. The summed E-state index contributed by atoms with van der Waals surface area (Å²) in [5.41, 5.74) is 6.35. The van der Waals surface area contributed by atoms with Crippen molar-refractivity contribution in [1.82, 2.24) is 4.72 Å². The highest BCUT2D eigenvalue weighted by Crippen LogP contribution is 2.21. The summed E-state index contributed by atoms with van der Waals surface area (Å²) in [6.07, 6.45) is 0. The first-order chi connectivity index (χ1) is 9.38. The fraction of sp³-hybridized carbons (Fsp3) is 0.0833. The molecule has 8 heteroatoms. The van der Waals surface area contributed by atoms with Crippen LogP contribution in [-0.4, -0.2) is 13.4 Å². The summed E-state index contributed by atoms with van der Waals surface area (Å²) in [6.45, 7) is 0.232. The number of sulfonamides is 1. The third-order valence-corrected chi connectivity index (χ3v) is 6.36. The maximum absolute atomic E-state index is 12.1. The number of rotatable bonds is 5. The predicted octanol–water partition coefficient (Wildman–Crippen LogP) is 2.62. The van der Waals surface area contributed by atoms with Crippen molar-refractivity contribution in [3.8, 4) is 0 Å². The lowest BCUT2D eigenvalue weighted by molar-refractivity contribution is 0.583. The zero-order valence-corrected chi connectivity index (χ0v) is 14.2. The lowest BCUT2D eigenvalue weighted by atomic mass is 10.2. The number of benzene rings is 1. The normalized spacial score (nSPS) is 11.4. The van der Waals surface area contributed by atoms with Crippen molar-refractivity contribution in [2.45, 2.75) is 10.8 Å². The van der Waals surface area contributed by atoms with Gasteiger partial charge in [-0.25, -0.2) is 13.1 Å². The molecule has 0 atom stereocenters. The van der Waals surface area contributed by atoms with E-state index in [1.165, 1.54) is 6.07 Å². The van der Waals surface area contributed by atoms with Gasteiger partial charge in [0, 0.05) is 11.0 Å². The second kappa shape index (κ2) is 6.31. The molecular weight excluding hydrogens is 380 g/mol. The van der Waals surface area contributed by atoms with E-state index in [4.69, 9.17) is 18.0 Å². The van der Waals surface area contributed by atoms with Crippen LogP contribution in [0.2, 0.25) is 0 Å². The minimum absolute atomic E-state index is 0.198. The lowest BCUT2D eigenvalue weighted by Crippen LogP contribution is -2.22. The molecule has 20 heavy (non-hydrogen) atoms. The minimum atomic E-state index is -3.54. The number of halogens is 1. The molecule has 3 N–H and O–H groups in total. The molecule has 1 aromatic carbocycles. The number of thiocarbonyl (C=S) groups is 1. The predicted molar refractivity (Wildman–Crippen MR) is 88.4 cm³/mol. The zero-order valence-electron chi connectivity index (χ0n) is 10.2. The number of hydrogen-bond donors (Lipinski definition) is 2. The van der Waals surface area contributed by atoms with Gasteiger partial charge >= 0.3 is 0 Å². The summed E-state index contributed by atoms with van der Waals surface area (Å²) in [5, 5.41) is 0. The number of thiophene rings is 1. The van der Waals surface area contributed by atoms with Crippen LogP contribution in [-0.2, 0) is 16.6 Å². The van der Waals surface area contributed by atoms with Crippen LogP contribution in [0.4, 0.5) is 0 Å². The molecule has 2 aromatic rings. The van der Waals surface area contributed by atoms with Crippen molar-refractivity contribution in [2.24, 2.45) is 5.73 Å². The van der Waals surface area contributed by atoms with Crippen molar-refractivity contribution in [3.63, 3.8) is 0 Å². The van der Waals surface area contributed by atoms with Crippen LogP contribution in [0.3, 0.4) is 0 Å². The summed E-state index contributed by atoms with van der Waals surface area (Å²) in [5.74, 6) is 0. The molecule has 106 valence electrons. The fourth-order valence-corrected chi connectivity index (χ4v) is 4.13. The second-order valence-corrected chi connectivity index (χ2v) is 8.37. The van der Waals surface area contributed by atoms with Gasteiger partial charge in [-0.1, -0.05) is 40.3 Å². The van der Waals surface area contributed by atoms with Gasteiger partial charge in [0.15, 0.2) is 0 Å². The third-order valence-electron chi connectivity index (χ3n) is 2.47. The van der Waals surface area contributed by atoms with Crippen LogP contribution in [0.5, 0.6) is 0 Å². The Labute approximate surface area is 135 Å². The maximum Gasteiger partial charge on any atom is 0.250 e. The molecule has 0 radical (unpaired) electrons. The number of nitrogens with one attached hydrogen (secondary N) is 1. The van der Waals surface area contributed by atoms with Crippen molar-refractivity contribution in [2.75, 3.05) is 0 Å². The van der Waals surface area contributed by atoms with E-state index in [9.17, 15) is 8.42 Å². The summed E-state index contributed by atoms with van der Waals surface area (Å²) in [4.78, 5) is 0.786. The van der Waals surface area contributed by atoms with Gasteiger partial charge in [0.05, 0.1) is 4.88 Å². The molecule has 1 aromatic heterocycles. The van der Waals surface area contributed by atoms with Gasteiger partial charge in [0.25, 0.3) is 0 Å². The first kappa shape index (κ1) is 15.6. The third kappa shape index (κ3) is 3.86. The van der Waals surface area contributed by atoms with E-state index in [-0.39, 0.29) is 15.7 Å². The molecule has 1 heterocycles. The van der Waals surface area contributed by atoms with Gasteiger partial charge < -0.3 is 5.73 Å². The number of hydrogen-bond acceptors (Lipinski definition) is 4. The zero-order chi connectivity index (χ0) is 14.8. The quantitative estimate of drug-likeness (QED) is 0.769. The molecule has 0 bridgehead atoms. The molecule has 0 spiro atoms. The monoisotopic (exact) mass is 390 g/mol. The average Bonchev–Trinajstić information content (AvgIpc) is 2.89. The topological polar surface area (TPSA) is 72.2 Å². The summed E-state index contributed by atoms with van der Waals surface area (Å²) >= 11 is 9.21. The molecule has 0 aliphatic heterocycles. The molecule has 0 fully saturated rings. The van der Waals surface area contributed by atoms with Gasteiger partial charge in [-0.2, -0.15) is 0 Å². The Hall–Kier alpha value is -0.800. The molecule has 4 nitrogen and oxygen atoms in total. The van der Waals surface area contributed by atoms with E-state index in [2.05, 4.69) is 20.7 Å².